The van der Waals surface area contributed by atoms with Crippen molar-refractivity contribution in [1.82, 2.24) is 10.6 Å². The molecule has 6 N–H and O–H groups in total. The van der Waals surface area contributed by atoms with Crippen molar-refractivity contribution in [3.05, 3.63) is 24.3 Å². The fraction of sp³-hybridized carbons (Fsp3) is 0.400. The molecule has 174 valence electrons. The molecule has 0 saturated heterocycles. The van der Waals surface area contributed by atoms with Gasteiger partial charge in [-0.3, -0.25) is 19.1 Å². The van der Waals surface area contributed by atoms with Gasteiger partial charge in [-0.05, 0) is 24.3 Å². The van der Waals surface area contributed by atoms with Gasteiger partial charge in [0.2, 0.25) is 11.8 Å². The molecule has 0 heterocycles. The molecule has 0 unspecified atom stereocenters. The van der Waals surface area contributed by atoms with Crippen molar-refractivity contribution in [2.75, 3.05) is 35.1 Å². The Morgan fingerprint density at radius 1 is 1.13 bits per heavy atom. The first-order valence-corrected chi connectivity index (χ1v) is 12.6. The van der Waals surface area contributed by atoms with E-state index < -0.39 is 57.2 Å². The third-order valence-corrected chi connectivity index (χ3v) is 7.02. The molecule has 0 fully saturated rings. The van der Waals surface area contributed by atoms with E-state index in [0.29, 0.717) is 0 Å². The van der Waals surface area contributed by atoms with Gasteiger partial charge in [0.15, 0.2) is 9.84 Å². The van der Waals surface area contributed by atoms with Gasteiger partial charge in [-0.15, -0.1) is 0 Å². The van der Waals surface area contributed by atoms with Crippen molar-refractivity contribution < 1.29 is 40.2 Å². The Labute approximate surface area is 182 Å². The Balaban J connectivity index is 2.66. The van der Waals surface area contributed by atoms with Gasteiger partial charge in [0.05, 0.1) is 22.9 Å². The van der Waals surface area contributed by atoms with Gasteiger partial charge in [0.1, 0.15) is 12.6 Å². The number of anilines is 1. The van der Waals surface area contributed by atoms with Gasteiger partial charge < -0.3 is 21.5 Å². The molecule has 1 aromatic carbocycles. The lowest BCUT2D eigenvalue weighted by Crippen LogP contribution is -2.50. The molecular weight excluding hydrogens is 478 g/mol. The van der Waals surface area contributed by atoms with Crippen LogP contribution < -0.4 is 21.1 Å². The fourth-order valence-electron chi connectivity index (χ4n) is 2.08. The number of halogens is 1. The predicted octanol–water partition coefficient (Wildman–Crippen LogP) is -1.54. The average Bonchev–Trinajstić information content (AvgIpc) is 2.67. The first-order chi connectivity index (χ1) is 14.3. The summed E-state index contributed by atoms with van der Waals surface area (Å²) in [5.74, 6) is -3.04. The molecule has 1 rings (SSSR count). The third kappa shape index (κ3) is 10.4. The van der Waals surface area contributed by atoms with E-state index in [9.17, 15) is 35.1 Å². The van der Waals surface area contributed by atoms with E-state index in [1.807, 2.05) is 0 Å². The highest BCUT2D eigenvalue weighted by molar-refractivity contribution is 8.00. The van der Waals surface area contributed by atoms with E-state index in [-0.39, 0.29) is 27.8 Å². The monoisotopic (exact) mass is 499 g/mol. The number of sulfone groups is 1. The topological polar surface area (TPSA) is 202 Å². The summed E-state index contributed by atoms with van der Waals surface area (Å²) in [6.45, 7) is -1.04. The van der Waals surface area contributed by atoms with E-state index >= 15 is 0 Å². The molecule has 0 saturated carbocycles. The third-order valence-electron chi connectivity index (χ3n) is 3.49. The number of nitrogens with two attached hydrogens (primary N) is 1. The van der Waals surface area contributed by atoms with Crippen molar-refractivity contribution in [1.29, 1.82) is 0 Å². The van der Waals surface area contributed by atoms with Crippen LogP contribution in [0, 0.1) is 0 Å². The summed E-state index contributed by atoms with van der Waals surface area (Å²) < 4.78 is 59.9. The number of carboxylic acids is 1. The van der Waals surface area contributed by atoms with Gasteiger partial charge in [0, 0.05) is 11.5 Å². The Morgan fingerprint density at radius 3 is 2.26 bits per heavy atom. The molecule has 0 bridgehead atoms. The second-order valence-corrected chi connectivity index (χ2v) is 10.2. The maximum absolute atomic E-state index is 12.6. The number of amides is 2. The molecular formula is C15H21FN4O8S3. The van der Waals surface area contributed by atoms with Crippen LogP contribution in [-0.2, 0) is 34.6 Å². The Kier molecular flexibility index (Phi) is 10.1. The first kappa shape index (κ1) is 26.6. The SMILES string of the molecule is NCC(=O)N[C@@H](CSCCS(=O)(=O)c1ccc(NS(=O)(=O)[18F])cc1)C(=O)NCC(=O)O. The zero-order chi connectivity index (χ0) is 23.7. The summed E-state index contributed by atoms with van der Waals surface area (Å²) in [6, 6.07) is 3.27. The number of carbonyl (C=O) groups is 3. The lowest BCUT2D eigenvalue weighted by molar-refractivity contribution is -0.138. The molecule has 0 aliphatic carbocycles. The summed E-state index contributed by atoms with van der Waals surface area (Å²) in [5, 5.41) is 13.0. The normalized spacial score (nSPS) is 12.6. The lowest BCUT2D eigenvalue weighted by Gasteiger charge is -2.17. The van der Waals surface area contributed by atoms with Gasteiger partial charge in [-0.1, -0.05) is 3.89 Å². The number of thioether (sulfide) groups is 1. The van der Waals surface area contributed by atoms with E-state index in [4.69, 9.17) is 10.8 Å². The molecule has 12 nitrogen and oxygen atoms in total. The minimum absolute atomic E-state index is 0.0302. The van der Waals surface area contributed by atoms with Gasteiger partial charge in [0.25, 0.3) is 0 Å². The largest absolute Gasteiger partial charge is 0.480 e. The standard InChI is InChI=1S/C15H21FN4O8S3/c16-31(27,28)20-10-1-3-11(4-2-10)30(25,26)6-5-29-9-12(19-13(21)7-17)15(24)18-8-14(22)23/h1-4,12,20H,5-9,17H2,(H,18,24)(H,19,21)(H,22,23)/t12-/m0/s1/i16-1. The minimum Gasteiger partial charge on any atom is -0.480 e. The minimum atomic E-state index is -4.98. The van der Waals surface area contributed by atoms with E-state index in [1.54, 1.807) is 4.72 Å². The van der Waals surface area contributed by atoms with Crippen molar-refractivity contribution in [2.45, 2.75) is 10.9 Å². The Bertz CT molecular complexity index is 1000. The summed E-state index contributed by atoms with van der Waals surface area (Å²) in [7, 11) is -8.75. The number of aliphatic carboxylic acids is 1. The molecule has 16 heteroatoms. The van der Waals surface area contributed by atoms with Crippen LogP contribution in [0.1, 0.15) is 0 Å². The van der Waals surface area contributed by atoms with Crippen LogP contribution in [0.3, 0.4) is 0 Å². The second-order valence-electron chi connectivity index (χ2n) is 5.89. The van der Waals surface area contributed by atoms with Gasteiger partial charge in [-0.25, -0.2) is 8.42 Å². The highest BCUT2D eigenvalue weighted by Gasteiger charge is 2.22. The predicted molar refractivity (Wildman–Crippen MR) is 111 cm³/mol. The van der Waals surface area contributed by atoms with Crippen LogP contribution in [0.5, 0.6) is 0 Å². The molecule has 0 aromatic heterocycles. The van der Waals surface area contributed by atoms with E-state index in [1.165, 1.54) is 0 Å². The van der Waals surface area contributed by atoms with Crippen molar-refractivity contribution >= 4 is 55.5 Å². The van der Waals surface area contributed by atoms with Gasteiger partial charge in [-0.2, -0.15) is 20.2 Å². The van der Waals surface area contributed by atoms with E-state index in [2.05, 4.69) is 10.6 Å². The number of nitrogens with one attached hydrogen (secondary N) is 3. The quantitative estimate of drug-likeness (QED) is 0.156. The zero-order valence-electron chi connectivity index (χ0n) is 15.9. The summed E-state index contributed by atoms with van der Waals surface area (Å²) in [5.41, 5.74) is 5.03. The molecule has 0 aliphatic heterocycles. The van der Waals surface area contributed by atoms with Crippen LogP contribution in [0.2, 0.25) is 0 Å². The summed E-state index contributed by atoms with van der Waals surface area (Å²) >= 11 is 1.02. The highest BCUT2D eigenvalue weighted by Crippen LogP contribution is 2.18. The summed E-state index contributed by atoms with van der Waals surface area (Å²) in [4.78, 5) is 33.9. The molecule has 0 radical (unpaired) electrons. The number of rotatable bonds is 13. The Hall–Kier alpha value is -2.43. The number of benzene rings is 1. The molecule has 0 aliphatic rings. The molecule has 0 spiro atoms. The average molecular weight is 500 g/mol. The van der Waals surface area contributed by atoms with Gasteiger partial charge >= 0.3 is 16.4 Å². The van der Waals surface area contributed by atoms with Crippen LogP contribution in [0.4, 0.5) is 9.57 Å². The fourth-order valence-corrected chi connectivity index (χ4v) is 5.27. The van der Waals surface area contributed by atoms with Crippen LogP contribution in [0.25, 0.3) is 0 Å². The highest BCUT2D eigenvalue weighted by atomic mass is 32.3. The molecule has 1 atom stereocenters. The van der Waals surface area contributed by atoms with Crippen molar-refractivity contribution in [2.24, 2.45) is 5.73 Å². The Morgan fingerprint density at radius 2 is 1.74 bits per heavy atom. The van der Waals surface area contributed by atoms with Crippen LogP contribution in [0.15, 0.2) is 29.2 Å². The number of carbonyl (C=O) groups excluding carboxylic acids is 2. The van der Waals surface area contributed by atoms with E-state index in [0.717, 1.165) is 36.0 Å². The van der Waals surface area contributed by atoms with Crippen LogP contribution in [-0.4, -0.2) is 76.1 Å². The number of carboxylic acid groups (broad SMARTS) is 1. The van der Waals surface area contributed by atoms with Crippen molar-refractivity contribution in [3.8, 4) is 0 Å². The maximum atomic E-state index is 12.6. The maximum Gasteiger partial charge on any atom is 0.396 e. The summed E-state index contributed by atoms with van der Waals surface area (Å²) in [6.07, 6.45) is 0. The first-order valence-electron chi connectivity index (χ1n) is 8.46. The number of hydrogen-bond acceptors (Lipinski definition) is 9. The molecule has 31 heavy (non-hydrogen) atoms. The molecule has 1 aromatic rings. The van der Waals surface area contributed by atoms with Crippen LogP contribution >= 0.6 is 11.8 Å². The smallest absolute Gasteiger partial charge is 0.396 e. The lowest BCUT2D eigenvalue weighted by atomic mass is 10.3. The molecule has 2 amide bonds. The number of hydrogen-bond donors (Lipinski definition) is 5. The zero-order valence-corrected chi connectivity index (χ0v) is 18.4. The van der Waals surface area contributed by atoms with Crippen molar-refractivity contribution in [3.63, 3.8) is 0 Å². The second kappa shape index (κ2) is 11.8.